The van der Waals surface area contributed by atoms with Gasteiger partial charge in [-0.1, -0.05) is 24.3 Å². The third-order valence-electron chi connectivity index (χ3n) is 4.39. The van der Waals surface area contributed by atoms with E-state index in [-0.39, 0.29) is 5.91 Å². The summed E-state index contributed by atoms with van der Waals surface area (Å²) in [7, 11) is 0. The molecule has 2 aromatic carbocycles. The molecule has 4 rings (SSSR count). The van der Waals surface area contributed by atoms with E-state index in [0.717, 1.165) is 11.3 Å². The number of anilines is 5. The van der Waals surface area contributed by atoms with Crippen molar-refractivity contribution < 1.29 is 4.79 Å². The van der Waals surface area contributed by atoms with Gasteiger partial charge in [-0.2, -0.15) is 0 Å². The Kier molecular flexibility index (Phi) is 5.61. The second-order valence-electron chi connectivity index (χ2n) is 6.60. The molecule has 0 aliphatic carbocycles. The largest absolute Gasteiger partial charge is 0.340 e. The van der Waals surface area contributed by atoms with Crippen LogP contribution in [0.1, 0.15) is 15.9 Å². The molecule has 0 spiro atoms. The van der Waals surface area contributed by atoms with Gasteiger partial charge in [0.15, 0.2) is 0 Å². The fourth-order valence-electron chi connectivity index (χ4n) is 2.87. The lowest BCUT2D eigenvalue weighted by atomic mass is 10.1. The number of hydrogen-bond acceptors (Lipinski definition) is 6. The van der Waals surface area contributed by atoms with Gasteiger partial charge in [-0.05, 0) is 55.0 Å². The lowest BCUT2D eigenvalue weighted by Gasteiger charge is -2.10. The summed E-state index contributed by atoms with van der Waals surface area (Å²) < 4.78 is 0. The number of hydrogen-bond donors (Lipinski definition) is 3. The van der Waals surface area contributed by atoms with Gasteiger partial charge in [-0.3, -0.25) is 4.79 Å². The first-order valence-electron chi connectivity index (χ1n) is 9.41. The number of amides is 1. The molecule has 3 N–H and O–H groups in total. The highest BCUT2D eigenvalue weighted by Crippen LogP contribution is 2.20. The van der Waals surface area contributed by atoms with Crippen LogP contribution in [-0.4, -0.2) is 20.9 Å². The summed E-state index contributed by atoms with van der Waals surface area (Å²) in [6.07, 6.45) is 3.19. The van der Waals surface area contributed by atoms with Crippen molar-refractivity contribution in [2.75, 3.05) is 16.0 Å². The highest BCUT2D eigenvalue weighted by Gasteiger charge is 2.08. The van der Waals surface area contributed by atoms with E-state index in [1.807, 2.05) is 73.7 Å². The Bertz CT molecular complexity index is 1150. The number of aromatic nitrogens is 3. The van der Waals surface area contributed by atoms with Crippen LogP contribution < -0.4 is 16.0 Å². The van der Waals surface area contributed by atoms with E-state index in [9.17, 15) is 4.79 Å². The number of carbonyl (C=O) groups excluding carboxylic acids is 1. The predicted octanol–water partition coefficient (Wildman–Crippen LogP) is 4.92. The highest BCUT2D eigenvalue weighted by molar-refractivity contribution is 6.05. The Morgan fingerprint density at radius 2 is 1.43 bits per heavy atom. The van der Waals surface area contributed by atoms with E-state index in [4.69, 9.17) is 0 Å². The molecular formula is C23H20N6O. The van der Waals surface area contributed by atoms with Gasteiger partial charge in [-0.25, -0.2) is 15.0 Å². The highest BCUT2D eigenvalue weighted by atomic mass is 16.1. The van der Waals surface area contributed by atoms with Gasteiger partial charge in [0.25, 0.3) is 5.91 Å². The number of rotatable bonds is 6. The SMILES string of the molecule is Cc1ccccc1C(=O)Nc1ccc(Nc2cc(Nc3ccccn3)ncn2)cc1. The summed E-state index contributed by atoms with van der Waals surface area (Å²) >= 11 is 0. The summed E-state index contributed by atoms with van der Waals surface area (Å²) in [5, 5.41) is 9.28. The molecule has 0 bridgehead atoms. The average Bonchev–Trinajstić information content (AvgIpc) is 2.76. The van der Waals surface area contributed by atoms with E-state index in [1.54, 1.807) is 12.3 Å². The normalized spacial score (nSPS) is 10.3. The van der Waals surface area contributed by atoms with Gasteiger partial charge in [0.05, 0.1) is 0 Å². The molecule has 1 amide bonds. The van der Waals surface area contributed by atoms with Crippen molar-refractivity contribution in [3.05, 3.63) is 96.4 Å². The monoisotopic (exact) mass is 396 g/mol. The van der Waals surface area contributed by atoms with E-state index in [2.05, 4.69) is 30.9 Å². The van der Waals surface area contributed by atoms with Crippen LogP contribution in [0.5, 0.6) is 0 Å². The van der Waals surface area contributed by atoms with Crippen LogP contribution in [0.3, 0.4) is 0 Å². The molecular weight excluding hydrogens is 376 g/mol. The topological polar surface area (TPSA) is 91.8 Å². The maximum atomic E-state index is 12.4. The number of aryl methyl sites for hydroxylation is 1. The molecule has 2 heterocycles. The van der Waals surface area contributed by atoms with Crippen molar-refractivity contribution in [1.29, 1.82) is 0 Å². The molecule has 0 atom stereocenters. The van der Waals surface area contributed by atoms with Gasteiger partial charge in [0.1, 0.15) is 23.8 Å². The standard InChI is InChI=1S/C23H20N6O/c1-16-6-2-3-7-19(16)23(30)28-18-11-9-17(10-12-18)27-21-14-22(26-15-25-21)29-20-8-4-5-13-24-20/h2-15H,1H3,(H,28,30)(H2,24,25,26,27,29). The molecule has 4 aromatic rings. The summed E-state index contributed by atoms with van der Waals surface area (Å²) in [6, 6.07) is 22.3. The number of benzene rings is 2. The molecule has 0 saturated heterocycles. The molecule has 7 nitrogen and oxygen atoms in total. The molecule has 7 heteroatoms. The minimum absolute atomic E-state index is 0.130. The number of nitrogens with one attached hydrogen (secondary N) is 3. The zero-order chi connectivity index (χ0) is 20.8. The maximum Gasteiger partial charge on any atom is 0.255 e. The summed E-state index contributed by atoms with van der Waals surface area (Å²) in [5.74, 6) is 1.85. The molecule has 0 unspecified atom stereocenters. The van der Waals surface area contributed by atoms with Crippen molar-refractivity contribution in [2.45, 2.75) is 6.92 Å². The van der Waals surface area contributed by atoms with Gasteiger partial charge in [0, 0.05) is 29.2 Å². The average molecular weight is 396 g/mol. The van der Waals surface area contributed by atoms with Gasteiger partial charge < -0.3 is 16.0 Å². The van der Waals surface area contributed by atoms with E-state index >= 15 is 0 Å². The zero-order valence-electron chi connectivity index (χ0n) is 16.3. The van der Waals surface area contributed by atoms with E-state index < -0.39 is 0 Å². The van der Waals surface area contributed by atoms with Crippen molar-refractivity contribution in [1.82, 2.24) is 15.0 Å². The first-order valence-corrected chi connectivity index (χ1v) is 9.41. The lowest BCUT2D eigenvalue weighted by Crippen LogP contribution is -2.13. The first-order chi connectivity index (χ1) is 14.7. The predicted molar refractivity (Wildman–Crippen MR) is 118 cm³/mol. The first kappa shape index (κ1) is 19.1. The second kappa shape index (κ2) is 8.83. The van der Waals surface area contributed by atoms with Gasteiger partial charge in [0.2, 0.25) is 0 Å². The molecule has 148 valence electrons. The third kappa shape index (κ3) is 4.77. The van der Waals surface area contributed by atoms with Crippen molar-refractivity contribution >= 4 is 34.7 Å². The fourth-order valence-corrected chi connectivity index (χ4v) is 2.87. The second-order valence-corrected chi connectivity index (χ2v) is 6.60. The Morgan fingerprint density at radius 1 is 0.733 bits per heavy atom. The Labute approximate surface area is 174 Å². The Balaban J connectivity index is 1.41. The van der Waals surface area contributed by atoms with E-state index in [0.29, 0.717) is 28.7 Å². The fraction of sp³-hybridized carbons (Fsp3) is 0.0435. The number of nitrogens with zero attached hydrogens (tertiary/aromatic N) is 3. The van der Waals surface area contributed by atoms with Crippen LogP contribution in [0.2, 0.25) is 0 Å². The van der Waals surface area contributed by atoms with Gasteiger partial charge >= 0.3 is 0 Å². The van der Waals surface area contributed by atoms with Crippen LogP contribution in [0, 0.1) is 6.92 Å². The molecule has 0 radical (unpaired) electrons. The maximum absolute atomic E-state index is 12.4. The Hall–Kier alpha value is -4.26. The minimum Gasteiger partial charge on any atom is -0.340 e. The number of carbonyl (C=O) groups is 1. The van der Waals surface area contributed by atoms with E-state index in [1.165, 1.54) is 6.33 Å². The minimum atomic E-state index is -0.130. The van der Waals surface area contributed by atoms with Crippen LogP contribution in [0.15, 0.2) is 85.3 Å². The number of pyridine rings is 1. The smallest absolute Gasteiger partial charge is 0.255 e. The van der Waals surface area contributed by atoms with Crippen molar-refractivity contribution in [3.8, 4) is 0 Å². The third-order valence-corrected chi connectivity index (χ3v) is 4.39. The molecule has 2 aromatic heterocycles. The summed E-state index contributed by atoms with van der Waals surface area (Å²) in [6.45, 7) is 1.92. The summed E-state index contributed by atoms with van der Waals surface area (Å²) in [4.78, 5) is 25.1. The molecule has 30 heavy (non-hydrogen) atoms. The molecule has 0 saturated carbocycles. The van der Waals surface area contributed by atoms with Crippen LogP contribution in [0.4, 0.5) is 28.8 Å². The summed E-state index contributed by atoms with van der Waals surface area (Å²) in [5.41, 5.74) is 3.15. The molecule has 0 aliphatic rings. The quantitative estimate of drug-likeness (QED) is 0.428. The lowest BCUT2D eigenvalue weighted by molar-refractivity contribution is 0.102. The molecule has 0 aliphatic heterocycles. The van der Waals surface area contributed by atoms with Crippen molar-refractivity contribution in [2.24, 2.45) is 0 Å². The molecule has 0 fully saturated rings. The van der Waals surface area contributed by atoms with Gasteiger partial charge in [-0.15, -0.1) is 0 Å². The Morgan fingerprint density at radius 3 is 2.17 bits per heavy atom. The van der Waals surface area contributed by atoms with Crippen molar-refractivity contribution in [3.63, 3.8) is 0 Å². The van der Waals surface area contributed by atoms with Crippen LogP contribution >= 0.6 is 0 Å². The van der Waals surface area contributed by atoms with Crippen LogP contribution in [0.25, 0.3) is 0 Å². The zero-order valence-corrected chi connectivity index (χ0v) is 16.3. The van der Waals surface area contributed by atoms with Crippen LogP contribution in [-0.2, 0) is 0 Å².